The van der Waals surface area contributed by atoms with Crippen molar-refractivity contribution in [3.63, 3.8) is 0 Å². The van der Waals surface area contributed by atoms with Crippen LogP contribution < -0.4 is 0 Å². The molecule has 1 heterocycles. The Morgan fingerprint density at radius 1 is 1.41 bits per heavy atom. The van der Waals surface area contributed by atoms with Crippen LogP contribution in [0.5, 0.6) is 0 Å². The number of methoxy groups -OCH3 is 1. The van der Waals surface area contributed by atoms with Gasteiger partial charge in [0.25, 0.3) is 5.91 Å². The average molecular weight is 237 g/mol. The van der Waals surface area contributed by atoms with E-state index in [1.165, 1.54) is 30.6 Å². The zero-order valence-corrected chi connectivity index (χ0v) is 9.92. The van der Waals surface area contributed by atoms with E-state index in [-0.39, 0.29) is 24.0 Å². The molecular weight excluding hydrogens is 222 g/mol. The summed E-state index contributed by atoms with van der Waals surface area (Å²) in [4.78, 5) is 32.2. The summed E-state index contributed by atoms with van der Waals surface area (Å²) in [6, 6.07) is 0. The summed E-state index contributed by atoms with van der Waals surface area (Å²) in [5.41, 5.74) is 0.277. The zero-order valence-electron chi connectivity index (χ0n) is 9.92. The van der Waals surface area contributed by atoms with Gasteiger partial charge in [0.1, 0.15) is 5.69 Å². The molecule has 0 aliphatic heterocycles. The number of carbonyl (C=O) groups excluding carboxylic acids is 2. The van der Waals surface area contributed by atoms with Gasteiger partial charge < -0.3 is 9.64 Å². The Balaban J connectivity index is 2.62. The molecule has 0 aliphatic rings. The number of nitrogens with zero attached hydrogens (tertiary/aromatic N) is 3. The van der Waals surface area contributed by atoms with E-state index in [2.05, 4.69) is 14.7 Å². The molecule has 0 atom stereocenters. The van der Waals surface area contributed by atoms with E-state index in [9.17, 15) is 9.59 Å². The normalized spacial score (nSPS) is 9.76. The average Bonchev–Trinajstić information content (AvgIpc) is 2.39. The molecule has 0 saturated carbocycles. The largest absolute Gasteiger partial charge is 0.469 e. The lowest BCUT2D eigenvalue weighted by atomic mass is 10.3. The highest BCUT2D eigenvalue weighted by molar-refractivity contribution is 5.92. The summed E-state index contributed by atoms with van der Waals surface area (Å²) in [5.74, 6) is -0.570. The highest BCUT2D eigenvalue weighted by Crippen LogP contribution is 2.01. The fraction of sp³-hybridized carbons (Fsp3) is 0.455. The van der Waals surface area contributed by atoms with E-state index in [0.717, 1.165) is 0 Å². The van der Waals surface area contributed by atoms with Crippen LogP contribution in [0.4, 0.5) is 0 Å². The molecule has 0 unspecified atom stereocenters. The number of hydrogen-bond donors (Lipinski definition) is 0. The summed E-state index contributed by atoms with van der Waals surface area (Å²) < 4.78 is 4.53. The maximum atomic E-state index is 11.9. The van der Waals surface area contributed by atoms with Gasteiger partial charge in [-0.25, -0.2) is 4.98 Å². The first-order chi connectivity index (χ1) is 8.19. The first kappa shape index (κ1) is 13.1. The highest BCUT2D eigenvalue weighted by Gasteiger charge is 2.16. The van der Waals surface area contributed by atoms with Crippen molar-refractivity contribution in [3.8, 4) is 0 Å². The van der Waals surface area contributed by atoms with Crippen LogP contribution in [0.25, 0.3) is 0 Å². The van der Waals surface area contributed by atoms with Crippen LogP contribution >= 0.6 is 0 Å². The van der Waals surface area contributed by atoms with Gasteiger partial charge in [0.05, 0.1) is 19.7 Å². The molecule has 1 amide bonds. The minimum Gasteiger partial charge on any atom is -0.469 e. The molecule has 0 fully saturated rings. The standard InChI is InChI=1S/C11H15N3O3/c1-3-14(7-4-10(15)17-2)11(16)9-8-12-5-6-13-9/h5-6,8H,3-4,7H2,1-2H3. The maximum Gasteiger partial charge on any atom is 0.307 e. The maximum absolute atomic E-state index is 11.9. The topological polar surface area (TPSA) is 72.4 Å². The van der Waals surface area contributed by atoms with Gasteiger partial charge in [-0.2, -0.15) is 0 Å². The van der Waals surface area contributed by atoms with Crippen LogP contribution in [0.1, 0.15) is 23.8 Å². The molecule has 17 heavy (non-hydrogen) atoms. The Kier molecular flexibility index (Phi) is 5.06. The van der Waals surface area contributed by atoms with Gasteiger partial charge in [0, 0.05) is 25.5 Å². The van der Waals surface area contributed by atoms with Gasteiger partial charge in [0.2, 0.25) is 0 Å². The van der Waals surface area contributed by atoms with E-state index in [0.29, 0.717) is 13.1 Å². The second-order valence-electron chi connectivity index (χ2n) is 3.30. The number of amides is 1. The Hall–Kier alpha value is -1.98. The Morgan fingerprint density at radius 2 is 2.18 bits per heavy atom. The fourth-order valence-corrected chi connectivity index (χ4v) is 1.30. The van der Waals surface area contributed by atoms with Crippen LogP contribution in [-0.4, -0.2) is 46.9 Å². The van der Waals surface area contributed by atoms with Crippen LogP contribution in [0.15, 0.2) is 18.6 Å². The molecule has 0 spiro atoms. The highest BCUT2D eigenvalue weighted by atomic mass is 16.5. The van der Waals surface area contributed by atoms with Gasteiger partial charge in [-0.05, 0) is 6.92 Å². The lowest BCUT2D eigenvalue weighted by molar-refractivity contribution is -0.140. The molecule has 1 aromatic heterocycles. The molecule has 0 bridgehead atoms. The van der Waals surface area contributed by atoms with E-state index < -0.39 is 0 Å². The molecule has 6 nitrogen and oxygen atoms in total. The summed E-state index contributed by atoms with van der Waals surface area (Å²) in [6.45, 7) is 2.66. The van der Waals surface area contributed by atoms with Crippen molar-refractivity contribution < 1.29 is 14.3 Å². The van der Waals surface area contributed by atoms with Crippen molar-refractivity contribution in [1.82, 2.24) is 14.9 Å². The molecule has 6 heteroatoms. The van der Waals surface area contributed by atoms with Crippen LogP contribution in [0, 0.1) is 0 Å². The third kappa shape index (κ3) is 3.82. The quantitative estimate of drug-likeness (QED) is 0.697. The second-order valence-corrected chi connectivity index (χ2v) is 3.30. The van der Waals surface area contributed by atoms with Gasteiger partial charge in [-0.15, -0.1) is 0 Å². The van der Waals surface area contributed by atoms with Crippen molar-refractivity contribution in [2.24, 2.45) is 0 Å². The zero-order chi connectivity index (χ0) is 12.7. The van der Waals surface area contributed by atoms with Crippen LogP contribution in [0.2, 0.25) is 0 Å². The number of esters is 1. The monoisotopic (exact) mass is 237 g/mol. The van der Waals surface area contributed by atoms with Gasteiger partial charge in [-0.3, -0.25) is 14.6 Å². The molecule has 92 valence electrons. The summed E-state index contributed by atoms with van der Waals surface area (Å²) in [5, 5.41) is 0. The lowest BCUT2D eigenvalue weighted by Gasteiger charge is -2.19. The van der Waals surface area contributed by atoms with Crippen molar-refractivity contribution in [3.05, 3.63) is 24.3 Å². The fourth-order valence-electron chi connectivity index (χ4n) is 1.30. The Labute approximate surface area is 99.6 Å². The smallest absolute Gasteiger partial charge is 0.307 e. The molecule has 1 rings (SSSR count). The van der Waals surface area contributed by atoms with E-state index in [1.807, 2.05) is 6.92 Å². The third-order valence-corrected chi connectivity index (χ3v) is 2.26. The first-order valence-corrected chi connectivity index (χ1v) is 5.31. The number of ether oxygens (including phenoxy) is 1. The first-order valence-electron chi connectivity index (χ1n) is 5.31. The number of aromatic nitrogens is 2. The van der Waals surface area contributed by atoms with Crippen molar-refractivity contribution in [2.75, 3.05) is 20.2 Å². The van der Waals surface area contributed by atoms with Gasteiger partial charge in [0.15, 0.2) is 0 Å². The molecular formula is C11H15N3O3. The second kappa shape index (κ2) is 6.57. The van der Waals surface area contributed by atoms with Crippen LogP contribution in [-0.2, 0) is 9.53 Å². The Morgan fingerprint density at radius 3 is 2.71 bits per heavy atom. The van der Waals surface area contributed by atoms with E-state index in [1.54, 1.807) is 0 Å². The molecule has 0 aliphatic carbocycles. The summed E-state index contributed by atoms with van der Waals surface area (Å²) in [7, 11) is 1.32. The predicted octanol–water partition coefficient (Wildman–Crippen LogP) is 0.502. The number of rotatable bonds is 5. The Bertz CT molecular complexity index is 381. The predicted molar refractivity (Wildman–Crippen MR) is 60.2 cm³/mol. The third-order valence-electron chi connectivity index (χ3n) is 2.26. The molecule has 0 saturated heterocycles. The molecule has 1 aromatic rings. The lowest BCUT2D eigenvalue weighted by Crippen LogP contribution is -2.33. The van der Waals surface area contributed by atoms with Crippen molar-refractivity contribution >= 4 is 11.9 Å². The molecule has 0 radical (unpaired) electrons. The SMILES string of the molecule is CCN(CCC(=O)OC)C(=O)c1cnccn1. The van der Waals surface area contributed by atoms with Crippen LogP contribution in [0.3, 0.4) is 0 Å². The number of carbonyl (C=O) groups is 2. The number of hydrogen-bond acceptors (Lipinski definition) is 5. The summed E-state index contributed by atoms with van der Waals surface area (Å²) in [6.07, 6.45) is 4.54. The van der Waals surface area contributed by atoms with Gasteiger partial charge in [-0.1, -0.05) is 0 Å². The van der Waals surface area contributed by atoms with E-state index >= 15 is 0 Å². The minimum atomic E-state index is -0.338. The summed E-state index contributed by atoms with van der Waals surface area (Å²) >= 11 is 0. The van der Waals surface area contributed by atoms with Crippen molar-refractivity contribution in [1.29, 1.82) is 0 Å². The van der Waals surface area contributed by atoms with Gasteiger partial charge >= 0.3 is 5.97 Å². The van der Waals surface area contributed by atoms with E-state index in [4.69, 9.17) is 0 Å². The van der Waals surface area contributed by atoms with Crippen molar-refractivity contribution in [2.45, 2.75) is 13.3 Å². The molecule has 0 aromatic carbocycles. The minimum absolute atomic E-state index is 0.177. The molecule has 0 N–H and O–H groups in total.